The van der Waals surface area contributed by atoms with Crippen molar-refractivity contribution in [3.05, 3.63) is 24.0 Å². The van der Waals surface area contributed by atoms with Crippen LogP contribution in [0.5, 0.6) is 0 Å². The van der Waals surface area contributed by atoms with Crippen molar-refractivity contribution in [2.75, 3.05) is 4.90 Å². The van der Waals surface area contributed by atoms with Gasteiger partial charge in [-0.1, -0.05) is 12.8 Å². The van der Waals surface area contributed by atoms with E-state index in [0.29, 0.717) is 24.2 Å². The van der Waals surface area contributed by atoms with Gasteiger partial charge in [0.15, 0.2) is 0 Å². The molecule has 20 heavy (non-hydrogen) atoms. The Hall–Kier alpha value is -2.24. The van der Waals surface area contributed by atoms with Crippen molar-refractivity contribution in [2.45, 2.75) is 32.6 Å². The van der Waals surface area contributed by atoms with Crippen LogP contribution in [0.25, 0.3) is 0 Å². The smallest absolute Gasteiger partial charge is 0.276 e. The maximum absolute atomic E-state index is 12.7. The van der Waals surface area contributed by atoms with Crippen molar-refractivity contribution in [1.29, 1.82) is 0 Å². The second-order valence-electron chi connectivity index (χ2n) is 5.30. The number of carbonyl (C=O) groups excluding carboxylic acids is 3. The van der Waals surface area contributed by atoms with Gasteiger partial charge in [-0.25, -0.2) is 9.69 Å². The Morgan fingerprint density at radius 2 is 1.95 bits per heavy atom. The highest BCUT2D eigenvalue weighted by Gasteiger charge is 2.55. The highest BCUT2D eigenvalue weighted by atomic mass is 16.2. The van der Waals surface area contributed by atoms with Crippen molar-refractivity contribution in [1.82, 2.24) is 10.3 Å². The maximum Gasteiger partial charge on any atom is 0.335 e. The van der Waals surface area contributed by atoms with Crippen molar-refractivity contribution in [3.8, 4) is 0 Å². The van der Waals surface area contributed by atoms with Crippen molar-refractivity contribution in [3.63, 3.8) is 0 Å². The Morgan fingerprint density at radius 3 is 2.60 bits per heavy atom. The first-order valence-electron chi connectivity index (χ1n) is 6.68. The molecule has 4 amide bonds. The molecule has 104 valence electrons. The molecular weight excluding hydrogens is 258 g/mol. The number of urea groups is 1. The number of anilines is 1. The zero-order valence-electron chi connectivity index (χ0n) is 11.2. The molecule has 1 aromatic rings. The van der Waals surface area contributed by atoms with Gasteiger partial charge >= 0.3 is 6.03 Å². The van der Waals surface area contributed by atoms with Crippen molar-refractivity contribution in [2.24, 2.45) is 5.41 Å². The molecule has 0 aromatic carbocycles. The zero-order valence-corrected chi connectivity index (χ0v) is 11.2. The minimum absolute atomic E-state index is 0.417. The third kappa shape index (κ3) is 1.64. The summed E-state index contributed by atoms with van der Waals surface area (Å²) < 4.78 is 0. The van der Waals surface area contributed by atoms with E-state index in [-0.39, 0.29) is 0 Å². The van der Waals surface area contributed by atoms with E-state index >= 15 is 0 Å². The van der Waals surface area contributed by atoms with Crippen LogP contribution >= 0.6 is 0 Å². The number of rotatable bonds is 1. The standard InChI is InChI=1S/C14H15N3O3/c1-9-10(5-4-8-15-9)17-12(19)14(6-2-3-7-14)11(18)16-13(17)20/h4-5,8H,2-3,6-7H2,1H3,(H,16,18,20). The van der Waals surface area contributed by atoms with Crippen LogP contribution in [0.3, 0.4) is 0 Å². The minimum atomic E-state index is -1.07. The number of nitrogens with one attached hydrogen (secondary N) is 1. The molecule has 0 bridgehead atoms. The Labute approximate surface area is 116 Å². The molecule has 0 unspecified atom stereocenters. The van der Waals surface area contributed by atoms with E-state index in [2.05, 4.69) is 10.3 Å². The normalized spacial score (nSPS) is 21.4. The van der Waals surface area contributed by atoms with Gasteiger partial charge in [0.1, 0.15) is 5.41 Å². The average Bonchev–Trinajstić information content (AvgIpc) is 2.90. The molecule has 6 nitrogen and oxygen atoms in total. The van der Waals surface area contributed by atoms with E-state index in [1.54, 1.807) is 25.3 Å². The number of hydrogen-bond acceptors (Lipinski definition) is 4. The lowest BCUT2D eigenvalue weighted by molar-refractivity contribution is -0.142. The van der Waals surface area contributed by atoms with Crippen LogP contribution in [0.4, 0.5) is 10.5 Å². The third-order valence-corrected chi connectivity index (χ3v) is 4.15. The van der Waals surface area contributed by atoms with E-state index in [0.717, 1.165) is 17.7 Å². The van der Waals surface area contributed by atoms with Gasteiger partial charge < -0.3 is 0 Å². The highest BCUT2D eigenvalue weighted by molar-refractivity contribution is 6.30. The summed E-state index contributed by atoms with van der Waals surface area (Å²) in [6, 6.07) is 2.65. The predicted molar refractivity (Wildman–Crippen MR) is 70.9 cm³/mol. The molecule has 3 rings (SSSR count). The predicted octanol–water partition coefficient (Wildman–Crippen LogP) is 1.53. The number of carbonyl (C=O) groups is 3. The fourth-order valence-electron chi connectivity index (χ4n) is 3.03. The van der Waals surface area contributed by atoms with Gasteiger partial charge in [0.25, 0.3) is 5.91 Å². The third-order valence-electron chi connectivity index (χ3n) is 4.15. The molecule has 1 aromatic heterocycles. The summed E-state index contributed by atoms with van der Waals surface area (Å²) in [4.78, 5) is 42.1. The molecule has 0 atom stereocenters. The van der Waals surface area contributed by atoms with Crippen LogP contribution in [-0.2, 0) is 9.59 Å². The quantitative estimate of drug-likeness (QED) is 0.787. The largest absolute Gasteiger partial charge is 0.335 e. The van der Waals surface area contributed by atoms with Gasteiger partial charge in [0.05, 0.1) is 11.4 Å². The first kappa shape index (κ1) is 12.8. The summed E-state index contributed by atoms with van der Waals surface area (Å²) >= 11 is 0. The van der Waals surface area contributed by atoms with Crippen LogP contribution in [0, 0.1) is 12.3 Å². The number of aryl methyl sites for hydroxylation is 1. The summed E-state index contributed by atoms with van der Waals surface area (Å²) in [6.07, 6.45) is 4.25. The number of nitrogens with zero attached hydrogens (tertiary/aromatic N) is 2. The number of hydrogen-bond donors (Lipinski definition) is 1. The van der Waals surface area contributed by atoms with Gasteiger partial charge in [-0.05, 0) is 31.9 Å². The monoisotopic (exact) mass is 273 g/mol. The summed E-state index contributed by atoms with van der Waals surface area (Å²) in [5.41, 5.74) is -0.0526. The van der Waals surface area contributed by atoms with Crippen LogP contribution in [-0.4, -0.2) is 22.8 Å². The Kier molecular flexibility index (Phi) is 2.81. The summed E-state index contributed by atoms with van der Waals surface area (Å²) in [5.74, 6) is -0.873. The summed E-state index contributed by atoms with van der Waals surface area (Å²) in [6.45, 7) is 1.73. The molecular formula is C14H15N3O3. The second kappa shape index (κ2) is 4.40. The number of imide groups is 2. The maximum atomic E-state index is 12.7. The lowest BCUT2D eigenvalue weighted by atomic mass is 9.82. The van der Waals surface area contributed by atoms with Crippen molar-refractivity contribution >= 4 is 23.5 Å². The molecule has 1 saturated carbocycles. The van der Waals surface area contributed by atoms with Gasteiger partial charge in [-0.3, -0.25) is 19.9 Å². The van der Waals surface area contributed by atoms with E-state index in [1.807, 2.05) is 0 Å². The van der Waals surface area contributed by atoms with E-state index < -0.39 is 23.3 Å². The van der Waals surface area contributed by atoms with Crippen LogP contribution in [0.15, 0.2) is 18.3 Å². The molecule has 2 fully saturated rings. The van der Waals surface area contributed by atoms with Crippen LogP contribution in [0.2, 0.25) is 0 Å². The minimum Gasteiger partial charge on any atom is -0.276 e. The lowest BCUT2D eigenvalue weighted by Gasteiger charge is -2.36. The van der Waals surface area contributed by atoms with Crippen molar-refractivity contribution < 1.29 is 14.4 Å². The van der Waals surface area contributed by atoms with E-state index in [4.69, 9.17) is 0 Å². The first-order valence-corrected chi connectivity index (χ1v) is 6.68. The zero-order chi connectivity index (χ0) is 14.3. The Bertz CT molecular complexity index is 605. The number of amides is 4. The van der Waals surface area contributed by atoms with Crippen LogP contribution in [0.1, 0.15) is 31.4 Å². The molecule has 1 saturated heterocycles. The molecule has 2 aliphatic rings. The fourth-order valence-corrected chi connectivity index (χ4v) is 3.03. The topological polar surface area (TPSA) is 79.4 Å². The van der Waals surface area contributed by atoms with Gasteiger partial charge in [0, 0.05) is 6.20 Å². The lowest BCUT2D eigenvalue weighted by Crippen LogP contribution is -2.63. The average molecular weight is 273 g/mol. The van der Waals surface area contributed by atoms with Gasteiger partial charge in [-0.15, -0.1) is 0 Å². The highest BCUT2D eigenvalue weighted by Crippen LogP contribution is 2.42. The number of aromatic nitrogens is 1. The summed E-state index contributed by atoms with van der Waals surface area (Å²) in [5, 5.41) is 2.32. The van der Waals surface area contributed by atoms with Crippen LogP contribution < -0.4 is 10.2 Å². The number of pyridine rings is 1. The van der Waals surface area contributed by atoms with E-state index in [9.17, 15) is 14.4 Å². The first-order chi connectivity index (χ1) is 9.56. The van der Waals surface area contributed by atoms with E-state index in [1.165, 1.54) is 0 Å². The molecule has 1 N–H and O–H groups in total. The summed E-state index contributed by atoms with van der Waals surface area (Å²) in [7, 11) is 0. The Balaban J connectivity index is 2.07. The molecule has 0 radical (unpaired) electrons. The molecule has 1 aliphatic carbocycles. The molecule has 1 aliphatic heterocycles. The van der Waals surface area contributed by atoms with Gasteiger partial charge in [0.2, 0.25) is 5.91 Å². The number of barbiturate groups is 1. The SMILES string of the molecule is Cc1ncccc1N1C(=O)NC(=O)C2(CCCC2)C1=O. The Morgan fingerprint density at radius 1 is 1.25 bits per heavy atom. The van der Waals surface area contributed by atoms with Gasteiger partial charge in [-0.2, -0.15) is 0 Å². The molecule has 2 heterocycles. The molecule has 1 spiro atoms. The second-order valence-corrected chi connectivity index (χ2v) is 5.30. The fraction of sp³-hybridized carbons (Fsp3) is 0.429. The molecule has 6 heteroatoms.